The molecule has 0 radical (unpaired) electrons. The molecule has 0 aromatic heterocycles. The third kappa shape index (κ3) is 14.1. The summed E-state index contributed by atoms with van der Waals surface area (Å²) < 4.78 is 0. The predicted octanol–water partition coefficient (Wildman–Crippen LogP) is 7.16. The zero-order valence-corrected chi connectivity index (χ0v) is 18.8. The molecule has 0 heterocycles. The number of carbonyl (C=O) groups excluding carboxylic acids is 1. The van der Waals surface area contributed by atoms with E-state index in [2.05, 4.69) is 6.92 Å². The number of rotatable bonds is 19. The van der Waals surface area contributed by atoms with Crippen LogP contribution in [-0.4, -0.2) is 11.2 Å². The highest BCUT2D eigenvalue weighted by Gasteiger charge is 2.11. The minimum Gasteiger partial charge on any atom is -0.549 e. The monoisotopic (exact) mass is 405 g/mol. The molecule has 3 heteroatoms. The van der Waals surface area contributed by atoms with Gasteiger partial charge in [0.05, 0.1) is 5.97 Å². The Balaban J connectivity index is 1.90. The number of hydrogen-bond acceptors (Lipinski definition) is 3. The lowest BCUT2D eigenvalue weighted by atomic mass is 10.0. The topological polar surface area (TPSA) is 40.1 Å². The van der Waals surface area contributed by atoms with Crippen molar-refractivity contribution in [1.82, 2.24) is 0 Å². The second-order valence-electron chi connectivity index (χ2n) is 7.98. The normalized spacial score (nSPS) is 12.2. The summed E-state index contributed by atoms with van der Waals surface area (Å²) in [6, 6.07) is 9.78. The first-order chi connectivity index (χ1) is 13.7. The molecule has 1 rings (SSSR count). The van der Waals surface area contributed by atoms with E-state index >= 15 is 0 Å². The van der Waals surface area contributed by atoms with E-state index in [1.165, 1.54) is 95.2 Å². The number of hydrogen-bond donors (Lipinski definition) is 0. The second-order valence-corrected chi connectivity index (χ2v) is 9.25. The van der Waals surface area contributed by atoms with Gasteiger partial charge in [0.15, 0.2) is 0 Å². The Bertz CT molecular complexity index is 475. The molecular formula is C25H41O2S-. The maximum atomic E-state index is 11.4. The summed E-state index contributed by atoms with van der Waals surface area (Å²) in [6.07, 6.45) is 20.7. The number of carbonyl (C=O) groups is 1. The maximum Gasteiger partial charge on any atom is 0.0548 e. The average Bonchev–Trinajstić information content (AvgIpc) is 2.70. The van der Waals surface area contributed by atoms with Crippen molar-refractivity contribution in [2.75, 3.05) is 0 Å². The molecule has 0 spiro atoms. The Morgan fingerprint density at radius 1 is 0.750 bits per heavy atom. The van der Waals surface area contributed by atoms with Crippen LogP contribution in [0, 0.1) is 0 Å². The van der Waals surface area contributed by atoms with Crippen molar-refractivity contribution in [3.8, 4) is 0 Å². The van der Waals surface area contributed by atoms with E-state index in [9.17, 15) is 9.90 Å². The van der Waals surface area contributed by atoms with Crippen molar-refractivity contribution < 1.29 is 9.90 Å². The van der Waals surface area contributed by atoms with Gasteiger partial charge in [-0.3, -0.25) is 0 Å². The second kappa shape index (κ2) is 18.1. The highest BCUT2D eigenvalue weighted by atomic mass is 32.2. The van der Waals surface area contributed by atoms with E-state index < -0.39 is 11.2 Å². The van der Waals surface area contributed by atoms with Gasteiger partial charge in [-0.05, 0) is 18.6 Å². The van der Waals surface area contributed by atoms with Crippen LogP contribution in [0.2, 0.25) is 0 Å². The summed E-state index contributed by atoms with van der Waals surface area (Å²) in [4.78, 5) is 12.4. The van der Waals surface area contributed by atoms with Gasteiger partial charge in [-0.25, -0.2) is 0 Å². The Kier molecular flexibility index (Phi) is 16.2. The lowest BCUT2D eigenvalue weighted by molar-refractivity contribution is -0.304. The molecule has 2 nitrogen and oxygen atoms in total. The summed E-state index contributed by atoms with van der Waals surface area (Å²) in [5.74, 6) is -0.931. The zero-order valence-electron chi connectivity index (χ0n) is 18.0. The quantitative estimate of drug-likeness (QED) is 0.181. The summed E-state index contributed by atoms with van der Waals surface area (Å²) >= 11 is 1.42. The molecule has 0 saturated carbocycles. The molecule has 28 heavy (non-hydrogen) atoms. The third-order valence-electron chi connectivity index (χ3n) is 5.35. The minimum absolute atomic E-state index is 0.427. The highest BCUT2D eigenvalue weighted by Crippen LogP contribution is 2.26. The molecular weight excluding hydrogens is 364 g/mol. The molecule has 1 aromatic carbocycles. The van der Waals surface area contributed by atoms with Crippen LogP contribution in [0.1, 0.15) is 110 Å². The lowest BCUT2D eigenvalue weighted by Gasteiger charge is -2.17. The minimum atomic E-state index is -0.931. The first kappa shape index (κ1) is 25.1. The highest BCUT2D eigenvalue weighted by molar-refractivity contribution is 8.00. The van der Waals surface area contributed by atoms with Crippen LogP contribution in [0.25, 0.3) is 0 Å². The molecule has 160 valence electrons. The van der Waals surface area contributed by atoms with Crippen LogP contribution in [-0.2, 0) is 4.79 Å². The van der Waals surface area contributed by atoms with Gasteiger partial charge in [-0.1, -0.05) is 121 Å². The van der Waals surface area contributed by atoms with E-state index in [4.69, 9.17) is 0 Å². The van der Waals surface area contributed by atoms with Crippen LogP contribution >= 0.6 is 11.8 Å². The van der Waals surface area contributed by atoms with Crippen molar-refractivity contribution in [3.05, 3.63) is 30.3 Å². The van der Waals surface area contributed by atoms with Gasteiger partial charge in [0.25, 0.3) is 0 Å². The molecule has 1 unspecified atom stereocenters. The molecule has 0 aliphatic carbocycles. The number of carboxylic acids is 1. The number of benzene rings is 1. The average molecular weight is 406 g/mol. The van der Waals surface area contributed by atoms with Crippen molar-refractivity contribution in [2.24, 2.45) is 0 Å². The molecule has 0 fully saturated rings. The Labute approximate surface area is 177 Å². The van der Waals surface area contributed by atoms with E-state index in [0.717, 1.165) is 17.7 Å². The van der Waals surface area contributed by atoms with Gasteiger partial charge in [0, 0.05) is 10.1 Å². The van der Waals surface area contributed by atoms with E-state index in [1.54, 1.807) is 0 Å². The fourth-order valence-corrected chi connectivity index (χ4v) is 4.61. The van der Waals surface area contributed by atoms with Gasteiger partial charge in [0.2, 0.25) is 0 Å². The molecule has 0 aliphatic heterocycles. The van der Waals surface area contributed by atoms with Crippen molar-refractivity contribution >= 4 is 17.7 Å². The fraction of sp³-hybridized carbons (Fsp3) is 0.720. The zero-order chi connectivity index (χ0) is 20.3. The van der Waals surface area contributed by atoms with Gasteiger partial charge >= 0.3 is 0 Å². The van der Waals surface area contributed by atoms with Crippen LogP contribution in [0.15, 0.2) is 35.2 Å². The molecule has 0 N–H and O–H groups in total. The Morgan fingerprint density at radius 3 is 1.61 bits per heavy atom. The van der Waals surface area contributed by atoms with Crippen molar-refractivity contribution in [2.45, 2.75) is 120 Å². The lowest BCUT2D eigenvalue weighted by Crippen LogP contribution is -2.33. The molecule has 0 amide bonds. The first-order valence-corrected chi connectivity index (χ1v) is 12.5. The summed E-state index contributed by atoms with van der Waals surface area (Å²) in [6.45, 7) is 2.27. The number of carboxylic acid groups (broad SMARTS) is 1. The van der Waals surface area contributed by atoms with E-state index in [0.29, 0.717) is 6.42 Å². The smallest absolute Gasteiger partial charge is 0.0548 e. The fourth-order valence-electron chi connectivity index (χ4n) is 3.59. The summed E-state index contributed by atoms with van der Waals surface area (Å²) in [5.41, 5.74) is 0. The van der Waals surface area contributed by atoms with E-state index in [-0.39, 0.29) is 0 Å². The van der Waals surface area contributed by atoms with Gasteiger partial charge in [0.1, 0.15) is 0 Å². The third-order valence-corrected chi connectivity index (χ3v) is 6.61. The van der Waals surface area contributed by atoms with Gasteiger partial charge in [-0.15, -0.1) is 11.8 Å². The molecule has 1 atom stereocenters. The maximum absolute atomic E-state index is 11.4. The Morgan fingerprint density at radius 2 is 1.18 bits per heavy atom. The number of unbranched alkanes of at least 4 members (excludes halogenated alkanes) is 14. The van der Waals surface area contributed by atoms with Gasteiger partial charge in [-0.2, -0.15) is 0 Å². The van der Waals surface area contributed by atoms with Crippen LogP contribution in [0.5, 0.6) is 0 Å². The summed E-state index contributed by atoms with van der Waals surface area (Å²) in [7, 11) is 0. The largest absolute Gasteiger partial charge is 0.549 e. The van der Waals surface area contributed by atoms with E-state index in [1.807, 2.05) is 30.3 Å². The number of aliphatic carboxylic acids is 1. The molecule has 0 saturated heterocycles. The van der Waals surface area contributed by atoms with Crippen molar-refractivity contribution in [3.63, 3.8) is 0 Å². The number of thioether (sulfide) groups is 1. The van der Waals surface area contributed by atoms with Crippen LogP contribution in [0.3, 0.4) is 0 Å². The standard InChI is InChI=1S/C25H42O2S/c1-2-3-4-5-6-7-8-9-10-11-12-13-14-15-19-22-24(25(26)27)28-23-20-17-16-18-21-23/h16-18,20-21,24H,2-15,19,22H2,1H3,(H,26,27)/p-1. The summed E-state index contributed by atoms with van der Waals surface area (Å²) in [5, 5.41) is 10.9. The van der Waals surface area contributed by atoms with Crippen LogP contribution < -0.4 is 5.11 Å². The Hall–Kier alpha value is -0.960. The molecule has 0 bridgehead atoms. The SMILES string of the molecule is CCCCCCCCCCCCCCCCCC(Sc1ccccc1)C(=O)[O-]. The van der Waals surface area contributed by atoms with Crippen LogP contribution in [0.4, 0.5) is 0 Å². The van der Waals surface area contributed by atoms with Gasteiger partial charge < -0.3 is 9.90 Å². The molecule has 1 aromatic rings. The molecule has 0 aliphatic rings. The van der Waals surface area contributed by atoms with Crippen molar-refractivity contribution in [1.29, 1.82) is 0 Å². The first-order valence-electron chi connectivity index (χ1n) is 11.7. The predicted molar refractivity (Wildman–Crippen MR) is 121 cm³/mol.